The fraction of sp³-hybridized carbons (Fsp3) is 0.143. The van der Waals surface area contributed by atoms with Crippen LogP contribution in [0.5, 0.6) is 5.75 Å². The minimum Gasteiger partial charge on any atom is -0.497 e. The Morgan fingerprint density at radius 2 is 1.84 bits per heavy atom. The molecule has 0 aliphatic heterocycles. The minimum atomic E-state index is -0.425. The van der Waals surface area contributed by atoms with Crippen molar-refractivity contribution in [3.63, 3.8) is 0 Å². The van der Waals surface area contributed by atoms with Crippen LogP contribution in [-0.2, 0) is 4.74 Å². The molecule has 98 valence electrons. The molecule has 0 saturated heterocycles. The van der Waals surface area contributed by atoms with Crippen molar-refractivity contribution in [2.75, 3.05) is 14.2 Å². The van der Waals surface area contributed by atoms with E-state index in [1.165, 1.54) is 7.11 Å². The summed E-state index contributed by atoms with van der Waals surface area (Å²) in [5.74, 6) is 0.378. The number of methoxy groups -OCH3 is 2. The van der Waals surface area contributed by atoms with Gasteiger partial charge in [-0.15, -0.1) is 0 Å². The van der Waals surface area contributed by atoms with E-state index < -0.39 is 5.97 Å². The van der Waals surface area contributed by atoms with Crippen molar-refractivity contribution in [1.29, 1.82) is 0 Å². The SMILES string of the molecule is COC(=O)c1ncc(-c2ccc(OC)cc2)cc1I. The van der Waals surface area contributed by atoms with Gasteiger partial charge in [0.1, 0.15) is 5.75 Å². The number of nitrogens with zero attached hydrogens (tertiary/aromatic N) is 1. The highest BCUT2D eigenvalue weighted by Crippen LogP contribution is 2.24. The Morgan fingerprint density at radius 3 is 2.37 bits per heavy atom. The van der Waals surface area contributed by atoms with Crippen LogP contribution in [0.2, 0.25) is 0 Å². The van der Waals surface area contributed by atoms with E-state index in [0.717, 1.165) is 20.4 Å². The first kappa shape index (κ1) is 13.8. The third-order valence-corrected chi connectivity index (χ3v) is 3.47. The van der Waals surface area contributed by atoms with Gasteiger partial charge in [-0.1, -0.05) is 12.1 Å². The zero-order chi connectivity index (χ0) is 13.8. The molecule has 0 atom stereocenters. The lowest BCUT2D eigenvalue weighted by Crippen LogP contribution is -2.06. The number of aromatic nitrogens is 1. The number of carbonyl (C=O) groups excluding carboxylic acids is 1. The molecule has 0 radical (unpaired) electrons. The highest BCUT2D eigenvalue weighted by atomic mass is 127. The number of ether oxygens (including phenoxy) is 2. The molecule has 2 rings (SSSR count). The predicted octanol–water partition coefficient (Wildman–Crippen LogP) is 3.15. The van der Waals surface area contributed by atoms with Gasteiger partial charge in [-0.25, -0.2) is 9.78 Å². The number of esters is 1. The highest BCUT2D eigenvalue weighted by Gasteiger charge is 2.12. The molecule has 0 aliphatic rings. The normalized spacial score (nSPS) is 10.1. The number of rotatable bonds is 3. The van der Waals surface area contributed by atoms with Crippen molar-refractivity contribution in [1.82, 2.24) is 4.98 Å². The fourth-order valence-corrected chi connectivity index (χ4v) is 2.32. The number of halogens is 1. The predicted molar refractivity (Wildman–Crippen MR) is 80.3 cm³/mol. The Kier molecular flexibility index (Phi) is 4.36. The molecule has 0 amide bonds. The Morgan fingerprint density at radius 1 is 1.16 bits per heavy atom. The zero-order valence-electron chi connectivity index (χ0n) is 10.5. The van der Waals surface area contributed by atoms with Gasteiger partial charge >= 0.3 is 5.97 Å². The van der Waals surface area contributed by atoms with Gasteiger partial charge in [0.05, 0.1) is 14.2 Å². The lowest BCUT2D eigenvalue weighted by Gasteiger charge is -2.06. The van der Waals surface area contributed by atoms with Crippen LogP contribution in [0.1, 0.15) is 10.5 Å². The van der Waals surface area contributed by atoms with E-state index in [4.69, 9.17) is 4.74 Å². The molecule has 0 spiro atoms. The third kappa shape index (κ3) is 3.04. The van der Waals surface area contributed by atoms with Gasteiger partial charge in [-0.3, -0.25) is 0 Å². The quantitative estimate of drug-likeness (QED) is 0.616. The number of carbonyl (C=O) groups is 1. The van der Waals surface area contributed by atoms with E-state index in [1.807, 2.05) is 30.3 Å². The molecule has 2 aromatic rings. The van der Waals surface area contributed by atoms with Gasteiger partial charge in [-0.05, 0) is 46.4 Å². The molecule has 0 aliphatic carbocycles. The van der Waals surface area contributed by atoms with Crippen LogP contribution in [-0.4, -0.2) is 25.2 Å². The molecule has 4 nitrogen and oxygen atoms in total. The van der Waals surface area contributed by atoms with Crippen LogP contribution in [0.25, 0.3) is 11.1 Å². The maximum Gasteiger partial charge on any atom is 0.357 e. The highest BCUT2D eigenvalue weighted by molar-refractivity contribution is 14.1. The van der Waals surface area contributed by atoms with Crippen molar-refractivity contribution >= 4 is 28.6 Å². The summed E-state index contributed by atoms with van der Waals surface area (Å²) in [4.78, 5) is 15.6. The van der Waals surface area contributed by atoms with Crippen molar-refractivity contribution in [3.8, 4) is 16.9 Å². The second-order valence-electron chi connectivity index (χ2n) is 3.77. The molecule has 19 heavy (non-hydrogen) atoms. The molecular formula is C14H12INO3. The van der Waals surface area contributed by atoms with Crippen LogP contribution in [0.3, 0.4) is 0 Å². The molecule has 0 fully saturated rings. The maximum absolute atomic E-state index is 11.5. The van der Waals surface area contributed by atoms with Gasteiger partial charge < -0.3 is 9.47 Å². The van der Waals surface area contributed by atoms with E-state index in [9.17, 15) is 4.79 Å². The summed E-state index contributed by atoms with van der Waals surface area (Å²) < 4.78 is 10.5. The van der Waals surface area contributed by atoms with E-state index in [0.29, 0.717) is 5.69 Å². The van der Waals surface area contributed by atoms with Crippen molar-refractivity contribution < 1.29 is 14.3 Å². The summed E-state index contributed by atoms with van der Waals surface area (Å²) in [5.41, 5.74) is 2.29. The second-order valence-corrected chi connectivity index (χ2v) is 4.94. The van der Waals surface area contributed by atoms with E-state index >= 15 is 0 Å². The van der Waals surface area contributed by atoms with Crippen molar-refractivity contribution in [2.45, 2.75) is 0 Å². The minimum absolute atomic E-state index is 0.334. The van der Waals surface area contributed by atoms with E-state index in [1.54, 1.807) is 13.3 Å². The fourth-order valence-electron chi connectivity index (χ4n) is 1.63. The van der Waals surface area contributed by atoms with Gasteiger partial charge in [0.2, 0.25) is 0 Å². The Hall–Kier alpha value is -1.63. The number of hydrogen-bond acceptors (Lipinski definition) is 4. The zero-order valence-corrected chi connectivity index (χ0v) is 12.7. The Balaban J connectivity index is 2.35. The molecule has 1 aromatic heterocycles. The van der Waals surface area contributed by atoms with Crippen LogP contribution in [0, 0.1) is 3.57 Å². The van der Waals surface area contributed by atoms with Crippen molar-refractivity contribution in [3.05, 3.63) is 45.8 Å². The summed E-state index contributed by atoms with van der Waals surface area (Å²) in [6, 6.07) is 9.57. The summed E-state index contributed by atoms with van der Waals surface area (Å²) >= 11 is 2.08. The maximum atomic E-state index is 11.5. The first-order chi connectivity index (χ1) is 9.15. The summed E-state index contributed by atoms with van der Waals surface area (Å²) in [6.45, 7) is 0. The Bertz CT molecular complexity index is 596. The Labute approximate surface area is 124 Å². The average Bonchev–Trinajstić information content (AvgIpc) is 2.46. The van der Waals surface area contributed by atoms with Gasteiger partial charge in [-0.2, -0.15) is 0 Å². The topological polar surface area (TPSA) is 48.4 Å². The summed E-state index contributed by atoms with van der Waals surface area (Å²) in [5, 5.41) is 0. The summed E-state index contributed by atoms with van der Waals surface area (Å²) in [6.07, 6.45) is 1.66. The van der Waals surface area contributed by atoms with Gasteiger partial charge in [0, 0.05) is 15.3 Å². The van der Waals surface area contributed by atoms with Crippen LogP contribution < -0.4 is 4.74 Å². The standard InChI is InChI=1S/C14H12INO3/c1-18-11-5-3-9(4-6-11)10-7-12(15)13(16-8-10)14(17)19-2/h3-8H,1-2H3. The average molecular weight is 369 g/mol. The molecule has 1 heterocycles. The summed E-state index contributed by atoms with van der Waals surface area (Å²) in [7, 11) is 2.97. The van der Waals surface area contributed by atoms with Crippen molar-refractivity contribution in [2.24, 2.45) is 0 Å². The first-order valence-electron chi connectivity index (χ1n) is 5.54. The van der Waals surface area contributed by atoms with E-state index in [-0.39, 0.29) is 0 Å². The number of hydrogen-bond donors (Lipinski definition) is 0. The first-order valence-corrected chi connectivity index (χ1v) is 6.62. The molecule has 0 unspecified atom stereocenters. The molecule has 0 N–H and O–H groups in total. The third-order valence-electron chi connectivity index (χ3n) is 2.64. The lowest BCUT2D eigenvalue weighted by atomic mass is 10.1. The van der Waals surface area contributed by atoms with Crippen LogP contribution in [0.4, 0.5) is 0 Å². The monoisotopic (exact) mass is 369 g/mol. The molecule has 0 saturated carbocycles. The second kappa shape index (κ2) is 6.01. The smallest absolute Gasteiger partial charge is 0.357 e. The van der Waals surface area contributed by atoms with Gasteiger partial charge in [0.15, 0.2) is 5.69 Å². The molecular weight excluding hydrogens is 357 g/mol. The van der Waals surface area contributed by atoms with Gasteiger partial charge in [0.25, 0.3) is 0 Å². The molecule has 0 bridgehead atoms. The molecule has 1 aromatic carbocycles. The number of pyridine rings is 1. The number of benzene rings is 1. The van der Waals surface area contributed by atoms with E-state index in [2.05, 4.69) is 32.3 Å². The molecule has 5 heteroatoms. The van der Waals surface area contributed by atoms with Crippen LogP contribution in [0.15, 0.2) is 36.5 Å². The van der Waals surface area contributed by atoms with Crippen LogP contribution >= 0.6 is 22.6 Å². The lowest BCUT2D eigenvalue weighted by molar-refractivity contribution is 0.0593. The largest absolute Gasteiger partial charge is 0.497 e.